The lowest BCUT2D eigenvalue weighted by atomic mass is 10.1. The second-order valence-electron chi connectivity index (χ2n) is 8.71. The molecule has 2 amide bonds. The number of benzene rings is 1. The second kappa shape index (κ2) is 8.92. The van der Waals surface area contributed by atoms with E-state index in [-0.39, 0.29) is 32.1 Å². The molecule has 0 bridgehead atoms. The van der Waals surface area contributed by atoms with Gasteiger partial charge in [0.1, 0.15) is 5.54 Å². The van der Waals surface area contributed by atoms with E-state index in [9.17, 15) is 22.8 Å². The van der Waals surface area contributed by atoms with Crippen molar-refractivity contribution in [1.82, 2.24) is 15.1 Å². The number of piperazine rings is 1. The number of halogens is 4. The van der Waals surface area contributed by atoms with Crippen molar-refractivity contribution in [1.29, 1.82) is 0 Å². The molecule has 1 aromatic carbocycles. The fourth-order valence-corrected chi connectivity index (χ4v) is 4.13. The lowest BCUT2D eigenvalue weighted by Crippen LogP contribution is -2.54. The first-order valence-corrected chi connectivity index (χ1v) is 11.3. The lowest BCUT2D eigenvalue weighted by Gasteiger charge is -2.37. The Hall–Kier alpha value is -2.29. The molecule has 6 nitrogen and oxygen atoms in total. The predicted octanol–water partition coefficient (Wildman–Crippen LogP) is 3.51. The number of aliphatic imine (C=N–C) groups is 1. The molecule has 3 aliphatic rings. The number of amides is 2. The number of hydrogen-bond acceptors (Lipinski definition) is 3. The molecule has 2 saturated carbocycles. The molecule has 2 aliphatic carbocycles. The highest BCUT2D eigenvalue weighted by atomic mass is 35.5. The van der Waals surface area contributed by atoms with Gasteiger partial charge in [-0.05, 0) is 37.3 Å². The molecule has 1 saturated heterocycles. The van der Waals surface area contributed by atoms with E-state index in [1.807, 2.05) is 0 Å². The molecule has 174 valence electrons. The molecular formula is C22H26ClF3N4O2. The number of alkyl halides is 3. The summed E-state index contributed by atoms with van der Waals surface area (Å²) in [5, 5.41) is 3.07. The summed E-state index contributed by atoms with van der Waals surface area (Å²) in [5.74, 6) is -1.14. The van der Waals surface area contributed by atoms with Crippen molar-refractivity contribution < 1.29 is 22.8 Å². The van der Waals surface area contributed by atoms with Gasteiger partial charge in [-0.15, -0.1) is 0 Å². The van der Waals surface area contributed by atoms with Crippen LogP contribution in [0.2, 0.25) is 5.02 Å². The maximum absolute atomic E-state index is 13.9. The first kappa shape index (κ1) is 22.9. The average molecular weight is 471 g/mol. The lowest BCUT2D eigenvalue weighted by molar-refractivity contribution is -0.123. The van der Waals surface area contributed by atoms with Crippen molar-refractivity contribution in [2.45, 2.75) is 43.8 Å². The summed E-state index contributed by atoms with van der Waals surface area (Å²) in [6.45, 7) is 0.659. The Kier molecular flexibility index (Phi) is 6.38. The Morgan fingerprint density at radius 2 is 1.72 bits per heavy atom. The van der Waals surface area contributed by atoms with E-state index in [0.29, 0.717) is 35.9 Å². The van der Waals surface area contributed by atoms with Crippen molar-refractivity contribution in [3.05, 3.63) is 34.9 Å². The second-order valence-corrected chi connectivity index (χ2v) is 9.12. The number of nitrogens with zero attached hydrogens (tertiary/aromatic N) is 3. The van der Waals surface area contributed by atoms with Crippen molar-refractivity contribution in [3.8, 4) is 0 Å². The monoisotopic (exact) mass is 470 g/mol. The number of carbonyl (C=O) groups is 2. The highest BCUT2D eigenvalue weighted by molar-refractivity contribution is 6.33. The SMILES string of the molecule is O=C(c1ccccc1Cl)N1CCN(C(=NC2(C(=O)NCCC3CC3)CC2)C(F)(F)F)CC1. The molecule has 3 fully saturated rings. The summed E-state index contributed by atoms with van der Waals surface area (Å²) < 4.78 is 41.6. The molecule has 1 aliphatic heterocycles. The normalized spacial score (nSPS) is 20.8. The molecule has 1 heterocycles. The molecule has 0 radical (unpaired) electrons. The van der Waals surface area contributed by atoms with Gasteiger partial charge in [-0.1, -0.05) is 36.6 Å². The van der Waals surface area contributed by atoms with Crippen LogP contribution in [0, 0.1) is 5.92 Å². The third kappa shape index (κ3) is 5.19. The molecule has 4 rings (SSSR count). The van der Waals surface area contributed by atoms with E-state index in [1.165, 1.54) is 4.90 Å². The highest BCUT2D eigenvalue weighted by Gasteiger charge is 2.53. The Labute approximate surface area is 189 Å². The van der Waals surface area contributed by atoms with Gasteiger partial charge in [0.25, 0.3) is 5.91 Å². The third-order valence-electron chi connectivity index (χ3n) is 6.23. The van der Waals surface area contributed by atoms with E-state index in [2.05, 4.69) is 10.3 Å². The third-order valence-corrected chi connectivity index (χ3v) is 6.56. The Bertz CT molecular complexity index is 905. The molecular weight excluding hydrogens is 445 g/mol. The van der Waals surface area contributed by atoms with Crippen LogP contribution in [0.3, 0.4) is 0 Å². The van der Waals surface area contributed by atoms with Crippen LogP contribution in [0.5, 0.6) is 0 Å². The van der Waals surface area contributed by atoms with Gasteiger partial charge in [0.05, 0.1) is 10.6 Å². The summed E-state index contributed by atoms with van der Waals surface area (Å²) in [6.07, 6.45) is -0.887. The summed E-state index contributed by atoms with van der Waals surface area (Å²) in [5.41, 5.74) is -0.994. The van der Waals surface area contributed by atoms with Crippen LogP contribution in [0.25, 0.3) is 0 Å². The minimum absolute atomic E-state index is 0.0199. The van der Waals surface area contributed by atoms with Crippen LogP contribution < -0.4 is 5.32 Å². The van der Waals surface area contributed by atoms with Crippen molar-refractivity contribution >= 4 is 29.3 Å². The van der Waals surface area contributed by atoms with E-state index >= 15 is 0 Å². The number of carbonyl (C=O) groups excluding carboxylic acids is 2. The van der Waals surface area contributed by atoms with Crippen molar-refractivity contribution in [3.63, 3.8) is 0 Å². The topological polar surface area (TPSA) is 65.0 Å². The fraction of sp³-hybridized carbons (Fsp3) is 0.591. The van der Waals surface area contributed by atoms with Gasteiger partial charge < -0.3 is 15.1 Å². The van der Waals surface area contributed by atoms with Crippen LogP contribution >= 0.6 is 11.6 Å². The number of amidine groups is 1. The smallest absolute Gasteiger partial charge is 0.354 e. The van der Waals surface area contributed by atoms with Gasteiger partial charge >= 0.3 is 6.18 Å². The largest absolute Gasteiger partial charge is 0.449 e. The van der Waals surface area contributed by atoms with E-state index in [4.69, 9.17) is 11.6 Å². The molecule has 0 atom stereocenters. The van der Waals surface area contributed by atoms with Crippen molar-refractivity contribution in [2.24, 2.45) is 10.9 Å². The van der Waals surface area contributed by atoms with Crippen molar-refractivity contribution in [2.75, 3.05) is 32.7 Å². The summed E-state index contributed by atoms with van der Waals surface area (Å²) >= 11 is 6.08. The van der Waals surface area contributed by atoms with Gasteiger partial charge in [-0.3, -0.25) is 9.59 Å². The first-order valence-electron chi connectivity index (χ1n) is 10.9. The maximum Gasteiger partial charge on any atom is 0.449 e. The summed E-state index contributed by atoms with van der Waals surface area (Å²) in [4.78, 5) is 31.8. The van der Waals surface area contributed by atoms with Crippen LogP contribution in [-0.2, 0) is 4.79 Å². The summed E-state index contributed by atoms with van der Waals surface area (Å²) in [7, 11) is 0. The van der Waals surface area contributed by atoms with Gasteiger partial charge in [-0.2, -0.15) is 13.2 Å². The van der Waals surface area contributed by atoms with Gasteiger partial charge in [0.15, 0.2) is 0 Å². The van der Waals surface area contributed by atoms with E-state index in [0.717, 1.165) is 24.2 Å². The number of nitrogens with one attached hydrogen (secondary N) is 1. The molecule has 0 spiro atoms. The van der Waals surface area contributed by atoms with Crippen LogP contribution in [-0.4, -0.2) is 71.9 Å². The number of hydrogen-bond donors (Lipinski definition) is 1. The molecule has 1 N–H and O–H groups in total. The molecule has 1 aromatic rings. The predicted molar refractivity (Wildman–Crippen MR) is 115 cm³/mol. The highest BCUT2D eigenvalue weighted by Crippen LogP contribution is 2.42. The molecule has 32 heavy (non-hydrogen) atoms. The Morgan fingerprint density at radius 3 is 2.28 bits per heavy atom. The molecule has 10 heteroatoms. The molecule has 0 aromatic heterocycles. The van der Waals surface area contributed by atoms with E-state index in [1.54, 1.807) is 24.3 Å². The minimum Gasteiger partial charge on any atom is -0.354 e. The number of rotatable bonds is 6. The quantitative estimate of drug-likeness (QED) is 0.511. The first-order chi connectivity index (χ1) is 15.2. The average Bonchev–Trinajstić information content (AvgIpc) is 3.67. The zero-order valence-corrected chi connectivity index (χ0v) is 18.4. The van der Waals surface area contributed by atoms with Crippen LogP contribution in [0.4, 0.5) is 13.2 Å². The van der Waals surface area contributed by atoms with Gasteiger partial charge in [-0.25, -0.2) is 4.99 Å². The standard InChI is InChI=1S/C22H26ClF3N4O2/c23-17-4-2-1-3-16(17)18(31)29-11-13-30(14-12-29)19(22(24,25)26)28-21(8-9-21)20(32)27-10-7-15-5-6-15/h1-4,15H,5-14H2,(H,27,32). The molecule has 0 unspecified atom stereocenters. The Morgan fingerprint density at radius 1 is 1.09 bits per heavy atom. The van der Waals surface area contributed by atoms with E-state index < -0.39 is 23.5 Å². The van der Waals surface area contributed by atoms with Crippen LogP contribution in [0.15, 0.2) is 29.3 Å². The zero-order valence-electron chi connectivity index (χ0n) is 17.6. The van der Waals surface area contributed by atoms with Gasteiger partial charge in [0.2, 0.25) is 11.7 Å². The Balaban J connectivity index is 1.41. The van der Waals surface area contributed by atoms with Crippen LogP contribution in [0.1, 0.15) is 42.5 Å². The minimum atomic E-state index is -4.68. The fourth-order valence-electron chi connectivity index (χ4n) is 3.91. The summed E-state index contributed by atoms with van der Waals surface area (Å²) in [6, 6.07) is 6.59. The van der Waals surface area contributed by atoms with Gasteiger partial charge in [0, 0.05) is 32.7 Å². The zero-order chi connectivity index (χ0) is 22.9. The maximum atomic E-state index is 13.9.